The molecule has 0 aromatic heterocycles. The van der Waals surface area contributed by atoms with Crippen molar-refractivity contribution >= 4 is 33.2 Å². The number of fused-ring (bicyclic) bond motifs is 2. The second kappa shape index (κ2) is 7.21. The molecule has 0 spiro atoms. The van der Waals surface area contributed by atoms with Gasteiger partial charge in [-0.1, -0.05) is 0 Å². The largest absolute Gasteiger partial charge is 0.246 e. The van der Waals surface area contributed by atoms with Gasteiger partial charge in [-0.2, -0.15) is 0 Å². The molecule has 0 saturated carbocycles. The molecule has 116 valence electrons. The van der Waals surface area contributed by atoms with E-state index in [0.29, 0.717) is 0 Å². The van der Waals surface area contributed by atoms with Crippen LogP contribution >= 0.6 is 22.9 Å². The van der Waals surface area contributed by atoms with Gasteiger partial charge in [-0.3, -0.25) is 0 Å². The van der Waals surface area contributed by atoms with E-state index in [0.717, 1.165) is 17.8 Å². The van der Waals surface area contributed by atoms with Gasteiger partial charge in [-0.25, -0.2) is 9.98 Å². The second-order valence-corrected chi connectivity index (χ2v) is 6.37. The molecule has 0 amide bonds. The summed E-state index contributed by atoms with van der Waals surface area (Å²) in [4.78, 5) is 9.48. The molecular weight excluding hydrogens is 312 g/mol. The Hall–Kier alpha value is -1.45. The summed E-state index contributed by atoms with van der Waals surface area (Å²) in [6, 6.07) is 8.83. The van der Waals surface area contributed by atoms with Gasteiger partial charge in [-0.05, 0) is 57.0 Å². The highest BCUT2D eigenvalue weighted by molar-refractivity contribution is 7.21. The van der Waals surface area contributed by atoms with Crippen molar-refractivity contribution in [2.24, 2.45) is 0 Å². The maximum absolute atomic E-state index is 4.82. The normalized spacial score (nSPS) is 11.6. The van der Waals surface area contributed by atoms with Gasteiger partial charge in [0, 0.05) is 18.0 Å². The molecular formula is C18H22ClN2S+. The zero-order chi connectivity index (χ0) is 16.3. The van der Waals surface area contributed by atoms with Crippen LogP contribution in [0, 0.1) is 20.8 Å². The standard InChI is InChI=1S/C17H18N2S.CH3Cl/c1-5-18-13-9-17-15(7-12(13)4)19-14-6-10(2)11(3)8-16(14)20-17;1-2/h6-9H,5H2,1-4H3;1H3/p+1. The molecule has 2 nitrogen and oxygen atoms in total. The summed E-state index contributed by atoms with van der Waals surface area (Å²) in [7, 11) is 0. The SMILES string of the molecule is CC[NH+]=c1cc2sc3cc(C)c(C)cc3nc-2cc1C.CCl. The highest BCUT2D eigenvalue weighted by Crippen LogP contribution is 2.31. The number of hydrogen-bond donors (Lipinski definition) is 1. The van der Waals surface area contributed by atoms with Gasteiger partial charge in [0.1, 0.15) is 6.54 Å². The molecule has 4 heteroatoms. The van der Waals surface area contributed by atoms with Crippen molar-refractivity contribution in [2.45, 2.75) is 27.7 Å². The Morgan fingerprint density at radius 3 is 2.36 bits per heavy atom. The summed E-state index contributed by atoms with van der Waals surface area (Å²) in [6.45, 7) is 9.50. The van der Waals surface area contributed by atoms with Gasteiger partial charge in [-0.15, -0.1) is 22.9 Å². The molecule has 22 heavy (non-hydrogen) atoms. The fourth-order valence-electron chi connectivity index (χ4n) is 2.41. The molecule has 0 radical (unpaired) electrons. The van der Waals surface area contributed by atoms with Crippen LogP contribution in [0.3, 0.4) is 0 Å². The average molecular weight is 334 g/mol. The first-order valence-electron chi connectivity index (χ1n) is 7.35. The van der Waals surface area contributed by atoms with Crippen molar-refractivity contribution in [3.05, 3.63) is 46.3 Å². The first-order valence-corrected chi connectivity index (χ1v) is 8.93. The number of nitrogens with one attached hydrogen (secondary N) is 1. The van der Waals surface area contributed by atoms with E-state index in [9.17, 15) is 0 Å². The van der Waals surface area contributed by atoms with E-state index < -0.39 is 0 Å². The predicted molar refractivity (Wildman–Crippen MR) is 96.9 cm³/mol. The van der Waals surface area contributed by atoms with Crippen LogP contribution in [0.5, 0.6) is 0 Å². The topological polar surface area (TPSA) is 26.9 Å². The molecule has 0 fully saturated rings. The van der Waals surface area contributed by atoms with Gasteiger partial charge in [0.15, 0.2) is 0 Å². The second-order valence-electron chi connectivity index (χ2n) is 5.28. The monoisotopic (exact) mass is 333 g/mol. The molecule has 1 N–H and O–H groups in total. The zero-order valence-corrected chi connectivity index (χ0v) is 15.3. The molecule has 0 bridgehead atoms. The summed E-state index contributed by atoms with van der Waals surface area (Å²) in [5.74, 6) is 0. The van der Waals surface area contributed by atoms with Gasteiger partial charge in [0.05, 0.1) is 20.8 Å². The highest BCUT2D eigenvalue weighted by atomic mass is 35.5. The lowest BCUT2D eigenvalue weighted by Gasteiger charge is -2.08. The van der Waals surface area contributed by atoms with Crippen molar-refractivity contribution in [2.75, 3.05) is 12.9 Å². The lowest BCUT2D eigenvalue weighted by atomic mass is 10.1. The summed E-state index contributed by atoms with van der Waals surface area (Å²) in [6.07, 6.45) is 1.47. The molecule has 1 aliphatic carbocycles. The van der Waals surface area contributed by atoms with Crippen molar-refractivity contribution in [1.82, 2.24) is 4.98 Å². The minimum atomic E-state index is 0.941. The van der Waals surface area contributed by atoms with E-state index in [1.54, 1.807) is 0 Å². The summed E-state index contributed by atoms with van der Waals surface area (Å²) in [5.41, 5.74) is 6.07. The van der Waals surface area contributed by atoms with Crippen LogP contribution in [0.25, 0.3) is 20.8 Å². The minimum Gasteiger partial charge on any atom is -0.246 e. The van der Waals surface area contributed by atoms with Crippen LogP contribution in [-0.4, -0.2) is 17.9 Å². The fourth-order valence-corrected chi connectivity index (χ4v) is 3.48. The Bertz CT molecular complexity index is 837. The first kappa shape index (κ1) is 16.9. The zero-order valence-electron chi connectivity index (χ0n) is 13.7. The molecule has 0 saturated heterocycles. The number of aryl methyl sites for hydroxylation is 3. The third-order valence-corrected chi connectivity index (χ3v) is 4.80. The Morgan fingerprint density at radius 2 is 1.68 bits per heavy atom. The Balaban J connectivity index is 0.000000847. The van der Waals surface area contributed by atoms with E-state index in [2.05, 4.69) is 68.6 Å². The van der Waals surface area contributed by atoms with E-state index in [1.807, 2.05) is 11.3 Å². The van der Waals surface area contributed by atoms with Crippen LogP contribution in [0.1, 0.15) is 23.6 Å². The number of aromatic nitrogens is 1. The van der Waals surface area contributed by atoms with E-state index in [4.69, 9.17) is 4.98 Å². The van der Waals surface area contributed by atoms with Crippen molar-refractivity contribution in [3.63, 3.8) is 0 Å². The molecule has 1 aliphatic heterocycles. The van der Waals surface area contributed by atoms with Gasteiger partial charge in [0.2, 0.25) is 5.36 Å². The van der Waals surface area contributed by atoms with E-state index >= 15 is 0 Å². The van der Waals surface area contributed by atoms with Crippen LogP contribution in [0.15, 0.2) is 24.3 Å². The smallest absolute Gasteiger partial charge is 0.202 e. The molecule has 1 aromatic rings. The third-order valence-electron chi connectivity index (χ3n) is 3.71. The quantitative estimate of drug-likeness (QED) is 0.537. The van der Waals surface area contributed by atoms with E-state index in [1.165, 1.54) is 38.0 Å². The summed E-state index contributed by atoms with van der Waals surface area (Å²) >= 11 is 6.46. The molecule has 0 unspecified atom stereocenters. The first-order chi connectivity index (χ1) is 10.6. The molecule has 1 aromatic carbocycles. The van der Waals surface area contributed by atoms with Crippen molar-refractivity contribution < 1.29 is 4.99 Å². The Kier molecular flexibility index (Phi) is 5.54. The van der Waals surface area contributed by atoms with Gasteiger partial charge < -0.3 is 0 Å². The molecule has 0 atom stereocenters. The van der Waals surface area contributed by atoms with Crippen LogP contribution < -0.4 is 10.3 Å². The van der Waals surface area contributed by atoms with Crippen LogP contribution in [-0.2, 0) is 0 Å². The number of benzene rings is 2. The van der Waals surface area contributed by atoms with Crippen LogP contribution in [0.2, 0.25) is 0 Å². The van der Waals surface area contributed by atoms with E-state index in [-0.39, 0.29) is 0 Å². The Morgan fingerprint density at radius 1 is 1.00 bits per heavy atom. The van der Waals surface area contributed by atoms with Gasteiger partial charge >= 0.3 is 0 Å². The lowest BCUT2D eigenvalue weighted by molar-refractivity contribution is -0.496. The average Bonchev–Trinajstić information content (AvgIpc) is 2.50. The number of nitrogens with zero attached hydrogens (tertiary/aromatic N) is 1. The number of hydrogen-bond acceptors (Lipinski definition) is 2. The third kappa shape index (κ3) is 3.31. The number of rotatable bonds is 1. The lowest BCUT2D eigenvalue weighted by Crippen LogP contribution is -2.76. The minimum absolute atomic E-state index is 0.941. The molecule has 1 heterocycles. The van der Waals surface area contributed by atoms with Gasteiger partial charge in [0.25, 0.3) is 0 Å². The van der Waals surface area contributed by atoms with Crippen molar-refractivity contribution in [3.8, 4) is 10.6 Å². The number of halogens is 1. The maximum atomic E-state index is 4.82. The Labute approximate surface area is 140 Å². The number of alkyl halides is 1. The highest BCUT2D eigenvalue weighted by Gasteiger charge is 2.11. The summed E-state index contributed by atoms with van der Waals surface area (Å²) < 4.78 is 1.26. The van der Waals surface area contributed by atoms with Crippen molar-refractivity contribution in [1.29, 1.82) is 0 Å². The molecule has 2 aliphatic rings. The van der Waals surface area contributed by atoms with Crippen LogP contribution in [0.4, 0.5) is 0 Å². The summed E-state index contributed by atoms with van der Waals surface area (Å²) in [5, 5.41) is 1.21. The maximum Gasteiger partial charge on any atom is 0.202 e. The predicted octanol–water partition coefficient (Wildman–Crippen LogP) is 3.18. The molecule has 3 rings (SSSR count). The fraction of sp³-hybridized carbons (Fsp3) is 0.333.